The lowest BCUT2D eigenvalue weighted by Gasteiger charge is -2.36. The fourth-order valence-electron chi connectivity index (χ4n) is 2.96. The minimum Gasteiger partial charge on any atom is -0.478 e. The van der Waals surface area contributed by atoms with Crippen LogP contribution in [-0.4, -0.2) is 46.6 Å². The third kappa shape index (κ3) is 3.15. The van der Waals surface area contributed by atoms with E-state index in [4.69, 9.17) is 4.74 Å². The van der Waals surface area contributed by atoms with Gasteiger partial charge in [0.15, 0.2) is 5.82 Å². The lowest BCUT2D eigenvalue weighted by molar-refractivity contribution is -0.00562. The van der Waals surface area contributed by atoms with E-state index >= 15 is 0 Å². The predicted octanol–water partition coefficient (Wildman–Crippen LogP) is 1.91. The zero-order valence-corrected chi connectivity index (χ0v) is 13.1. The van der Waals surface area contributed by atoms with Crippen molar-refractivity contribution in [2.45, 2.75) is 52.7 Å². The highest BCUT2D eigenvalue weighted by molar-refractivity contribution is 5.95. The number of aromatic carboxylic acids is 1. The van der Waals surface area contributed by atoms with Crippen LogP contribution < -0.4 is 4.90 Å². The number of nitrogens with zero attached hydrogens (tertiary/aromatic N) is 3. The van der Waals surface area contributed by atoms with Gasteiger partial charge in [-0.15, -0.1) is 5.10 Å². The van der Waals surface area contributed by atoms with E-state index in [-0.39, 0.29) is 12.2 Å². The zero-order valence-electron chi connectivity index (χ0n) is 13.1. The third-order valence-electron chi connectivity index (χ3n) is 3.76. The molecule has 1 aromatic rings. The van der Waals surface area contributed by atoms with Crippen LogP contribution in [0.2, 0.25) is 0 Å². The highest BCUT2D eigenvalue weighted by atomic mass is 16.5. The molecule has 1 aliphatic rings. The highest BCUT2D eigenvalue weighted by Crippen LogP contribution is 2.26. The zero-order chi connectivity index (χ0) is 15.6. The number of carboxylic acid groups (broad SMARTS) is 1. The highest BCUT2D eigenvalue weighted by Gasteiger charge is 2.29. The lowest BCUT2D eigenvalue weighted by atomic mass is 10.0. The van der Waals surface area contributed by atoms with Crippen molar-refractivity contribution >= 4 is 11.8 Å². The number of aryl methyl sites for hydroxylation is 1. The van der Waals surface area contributed by atoms with E-state index in [9.17, 15) is 9.90 Å². The maximum Gasteiger partial charge on any atom is 0.339 e. The fraction of sp³-hybridized carbons (Fsp3) is 0.667. The van der Waals surface area contributed by atoms with Crippen LogP contribution in [0.4, 0.5) is 5.82 Å². The van der Waals surface area contributed by atoms with Crippen LogP contribution in [0.3, 0.4) is 0 Å². The van der Waals surface area contributed by atoms with Crippen LogP contribution in [-0.2, 0) is 17.6 Å². The van der Waals surface area contributed by atoms with Gasteiger partial charge in [-0.2, -0.15) is 5.10 Å². The first-order valence-corrected chi connectivity index (χ1v) is 7.49. The van der Waals surface area contributed by atoms with Gasteiger partial charge in [0.1, 0.15) is 5.56 Å². The van der Waals surface area contributed by atoms with E-state index in [0.717, 1.165) is 11.3 Å². The molecule has 6 nitrogen and oxygen atoms in total. The van der Waals surface area contributed by atoms with Gasteiger partial charge in [0, 0.05) is 13.1 Å². The monoisotopic (exact) mass is 293 g/mol. The molecule has 2 rings (SSSR count). The number of carboxylic acids is 1. The van der Waals surface area contributed by atoms with Gasteiger partial charge >= 0.3 is 5.97 Å². The Balaban J connectivity index is 2.50. The van der Waals surface area contributed by atoms with Gasteiger partial charge in [-0.25, -0.2) is 4.79 Å². The van der Waals surface area contributed by atoms with Gasteiger partial charge in [0.25, 0.3) is 0 Å². The summed E-state index contributed by atoms with van der Waals surface area (Å²) in [6.07, 6.45) is 1.43. The average Bonchev–Trinajstić information content (AvgIpc) is 2.44. The van der Waals surface area contributed by atoms with Crippen molar-refractivity contribution in [3.63, 3.8) is 0 Å². The summed E-state index contributed by atoms with van der Waals surface area (Å²) >= 11 is 0. The number of hydrogen-bond acceptors (Lipinski definition) is 5. The molecule has 1 aliphatic heterocycles. The van der Waals surface area contributed by atoms with Gasteiger partial charge in [0.2, 0.25) is 0 Å². The second-order valence-corrected chi connectivity index (χ2v) is 5.50. The number of anilines is 1. The molecule has 0 aliphatic carbocycles. The summed E-state index contributed by atoms with van der Waals surface area (Å²) in [6, 6.07) is 0. The van der Waals surface area contributed by atoms with Crippen molar-refractivity contribution in [1.29, 1.82) is 0 Å². The van der Waals surface area contributed by atoms with Crippen molar-refractivity contribution < 1.29 is 14.6 Å². The number of aromatic nitrogens is 2. The Kier molecular flexibility index (Phi) is 4.77. The Morgan fingerprint density at radius 3 is 2.33 bits per heavy atom. The SMILES string of the molecule is CCc1nnc(N2C[C@@H](C)O[C@@H](C)C2)c(C(=O)O)c1CC. The molecule has 0 unspecified atom stereocenters. The molecule has 0 amide bonds. The number of carbonyl (C=O) groups is 1. The first-order valence-electron chi connectivity index (χ1n) is 7.49. The molecule has 1 fully saturated rings. The van der Waals surface area contributed by atoms with E-state index in [1.165, 1.54) is 0 Å². The molecule has 0 radical (unpaired) electrons. The summed E-state index contributed by atoms with van der Waals surface area (Å²) in [4.78, 5) is 13.7. The van der Waals surface area contributed by atoms with Crippen LogP contribution >= 0.6 is 0 Å². The van der Waals surface area contributed by atoms with Crippen LogP contribution in [0.5, 0.6) is 0 Å². The Hall–Kier alpha value is -1.69. The molecule has 2 heterocycles. The minimum atomic E-state index is -0.932. The van der Waals surface area contributed by atoms with Gasteiger partial charge in [0.05, 0.1) is 17.9 Å². The molecule has 2 atom stereocenters. The first kappa shape index (κ1) is 15.7. The van der Waals surface area contributed by atoms with Crippen LogP contribution in [0.1, 0.15) is 49.3 Å². The summed E-state index contributed by atoms with van der Waals surface area (Å²) in [5, 5.41) is 18.1. The fourth-order valence-corrected chi connectivity index (χ4v) is 2.96. The normalized spacial score (nSPS) is 22.4. The number of ether oxygens (including phenoxy) is 1. The predicted molar refractivity (Wildman–Crippen MR) is 80.0 cm³/mol. The van der Waals surface area contributed by atoms with Crippen LogP contribution in [0, 0.1) is 0 Å². The third-order valence-corrected chi connectivity index (χ3v) is 3.76. The van der Waals surface area contributed by atoms with E-state index in [0.29, 0.717) is 37.3 Å². The molecule has 1 saturated heterocycles. The molecule has 116 valence electrons. The van der Waals surface area contributed by atoms with Gasteiger partial charge in [-0.3, -0.25) is 0 Å². The van der Waals surface area contributed by atoms with Crippen molar-refractivity contribution in [1.82, 2.24) is 10.2 Å². The van der Waals surface area contributed by atoms with E-state index in [1.807, 2.05) is 32.6 Å². The Morgan fingerprint density at radius 2 is 1.86 bits per heavy atom. The van der Waals surface area contributed by atoms with Crippen LogP contribution in [0.15, 0.2) is 0 Å². The van der Waals surface area contributed by atoms with E-state index < -0.39 is 5.97 Å². The molecule has 0 spiro atoms. The number of morpholine rings is 1. The Bertz CT molecular complexity index is 523. The Morgan fingerprint density at radius 1 is 1.24 bits per heavy atom. The minimum absolute atomic E-state index is 0.0492. The summed E-state index contributed by atoms with van der Waals surface area (Å²) in [7, 11) is 0. The standard InChI is InChI=1S/C15H23N3O3/c1-5-11-12(6-2)16-17-14(13(11)15(19)20)18-7-9(3)21-10(4)8-18/h9-10H,5-8H2,1-4H3,(H,19,20)/t9-,10+. The van der Waals surface area contributed by atoms with Crippen molar-refractivity contribution in [2.75, 3.05) is 18.0 Å². The lowest BCUT2D eigenvalue weighted by Crippen LogP contribution is -2.46. The Labute approximate surface area is 125 Å². The maximum absolute atomic E-state index is 11.7. The van der Waals surface area contributed by atoms with Gasteiger partial charge < -0.3 is 14.7 Å². The van der Waals surface area contributed by atoms with Crippen LogP contribution in [0.25, 0.3) is 0 Å². The molecule has 1 N–H and O–H groups in total. The second kappa shape index (κ2) is 6.39. The topological polar surface area (TPSA) is 75.5 Å². The number of hydrogen-bond donors (Lipinski definition) is 1. The molecule has 0 bridgehead atoms. The average molecular weight is 293 g/mol. The smallest absolute Gasteiger partial charge is 0.339 e. The quantitative estimate of drug-likeness (QED) is 0.914. The van der Waals surface area contributed by atoms with Crippen molar-refractivity contribution in [2.24, 2.45) is 0 Å². The summed E-state index contributed by atoms with van der Waals surface area (Å²) in [6.45, 7) is 9.15. The second-order valence-electron chi connectivity index (χ2n) is 5.50. The maximum atomic E-state index is 11.7. The molecular formula is C15H23N3O3. The van der Waals surface area contributed by atoms with Crippen molar-refractivity contribution in [3.05, 3.63) is 16.8 Å². The molecule has 21 heavy (non-hydrogen) atoms. The molecule has 1 aromatic heterocycles. The number of rotatable bonds is 4. The summed E-state index contributed by atoms with van der Waals surface area (Å²) in [5.41, 5.74) is 1.86. The molecule has 6 heteroatoms. The summed E-state index contributed by atoms with van der Waals surface area (Å²) in [5.74, 6) is -0.461. The summed E-state index contributed by atoms with van der Waals surface area (Å²) < 4.78 is 5.70. The molecule has 0 aromatic carbocycles. The van der Waals surface area contributed by atoms with Crippen molar-refractivity contribution in [3.8, 4) is 0 Å². The largest absolute Gasteiger partial charge is 0.478 e. The van der Waals surface area contributed by atoms with E-state index in [1.54, 1.807) is 0 Å². The van der Waals surface area contributed by atoms with E-state index in [2.05, 4.69) is 10.2 Å². The molecular weight excluding hydrogens is 270 g/mol. The first-order chi connectivity index (χ1) is 9.97. The van der Waals surface area contributed by atoms with Gasteiger partial charge in [-0.05, 0) is 32.3 Å². The van der Waals surface area contributed by atoms with Gasteiger partial charge in [-0.1, -0.05) is 13.8 Å². The molecule has 0 saturated carbocycles.